The van der Waals surface area contributed by atoms with Crippen LogP contribution < -0.4 is 0 Å². The number of rotatable bonds is 2. The Labute approximate surface area is 95.9 Å². The van der Waals surface area contributed by atoms with E-state index in [-0.39, 0.29) is 11.2 Å². The summed E-state index contributed by atoms with van der Waals surface area (Å²) in [6, 6.07) is 10.00. The fourth-order valence-corrected chi connectivity index (χ4v) is 2.48. The summed E-state index contributed by atoms with van der Waals surface area (Å²) in [5, 5.41) is 9.36. The number of carbonyl (C=O) groups is 1. The third-order valence-electron chi connectivity index (χ3n) is 3.49. The molecule has 1 aliphatic rings. The Kier molecular flexibility index (Phi) is 2.78. The average molecular weight is 213 g/mol. The normalized spacial score (nSPS) is 18.0. The standard InChI is InChI=1S/C14H15NO/c1-11(16)12-5-4-6-13(9-12)14(10-15)7-2-3-8-14/h4-6,9H,2-3,7-8H2,1H3. The number of benzene rings is 1. The van der Waals surface area contributed by atoms with Crippen molar-refractivity contribution in [2.24, 2.45) is 0 Å². The minimum Gasteiger partial charge on any atom is -0.295 e. The van der Waals surface area contributed by atoms with Crippen molar-refractivity contribution in [2.45, 2.75) is 38.0 Å². The van der Waals surface area contributed by atoms with Crippen LogP contribution in [0.4, 0.5) is 0 Å². The zero-order valence-electron chi connectivity index (χ0n) is 9.49. The van der Waals surface area contributed by atoms with Gasteiger partial charge >= 0.3 is 0 Å². The van der Waals surface area contributed by atoms with Crippen LogP contribution in [0.1, 0.15) is 48.5 Å². The molecule has 0 heterocycles. The molecule has 2 heteroatoms. The van der Waals surface area contributed by atoms with Crippen molar-refractivity contribution in [3.05, 3.63) is 35.4 Å². The van der Waals surface area contributed by atoms with E-state index >= 15 is 0 Å². The van der Waals surface area contributed by atoms with Crippen LogP contribution in [0.2, 0.25) is 0 Å². The Morgan fingerprint density at radius 2 is 2.06 bits per heavy atom. The highest BCUT2D eigenvalue weighted by Gasteiger charge is 2.35. The van der Waals surface area contributed by atoms with Crippen LogP contribution in [0.15, 0.2) is 24.3 Å². The first-order chi connectivity index (χ1) is 7.68. The average Bonchev–Trinajstić information content (AvgIpc) is 2.79. The second kappa shape index (κ2) is 4.09. The predicted octanol–water partition coefficient (Wildman–Crippen LogP) is 3.22. The molecule has 1 aliphatic carbocycles. The van der Waals surface area contributed by atoms with Crippen LogP contribution >= 0.6 is 0 Å². The topological polar surface area (TPSA) is 40.9 Å². The highest BCUT2D eigenvalue weighted by Crippen LogP contribution is 2.40. The lowest BCUT2D eigenvalue weighted by atomic mass is 9.80. The van der Waals surface area contributed by atoms with E-state index in [2.05, 4.69) is 6.07 Å². The Morgan fingerprint density at radius 3 is 2.62 bits per heavy atom. The molecule has 0 N–H and O–H groups in total. The number of hydrogen-bond acceptors (Lipinski definition) is 2. The van der Waals surface area contributed by atoms with Gasteiger partial charge in [-0.2, -0.15) is 5.26 Å². The van der Waals surface area contributed by atoms with E-state index in [4.69, 9.17) is 0 Å². The molecule has 0 unspecified atom stereocenters. The fraction of sp³-hybridized carbons (Fsp3) is 0.429. The van der Waals surface area contributed by atoms with Crippen molar-refractivity contribution < 1.29 is 4.79 Å². The zero-order chi connectivity index (χ0) is 11.6. The molecule has 0 aliphatic heterocycles. The maximum atomic E-state index is 11.3. The maximum Gasteiger partial charge on any atom is 0.159 e. The molecule has 0 atom stereocenters. The molecule has 2 rings (SSSR count). The van der Waals surface area contributed by atoms with Gasteiger partial charge in [-0.1, -0.05) is 31.0 Å². The van der Waals surface area contributed by atoms with Crippen LogP contribution in [0.25, 0.3) is 0 Å². The van der Waals surface area contributed by atoms with Gasteiger partial charge in [-0.15, -0.1) is 0 Å². The number of ketones is 1. The number of Topliss-reactive ketones (excluding diaryl/α,β-unsaturated/α-hetero) is 1. The van der Waals surface area contributed by atoms with E-state index in [1.165, 1.54) is 0 Å². The summed E-state index contributed by atoms with van der Waals surface area (Å²) >= 11 is 0. The van der Waals surface area contributed by atoms with Gasteiger partial charge in [-0.25, -0.2) is 0 Å². The second-order valence-corrected chi connectivity index (χ2v) is 4.54. The molecule has 1 aromatic carbocycles. The van der Waals surface area contributed by atoms with Crippen LogP contribution in [0.5, 0.6) is 0 Å². The van der Waals surface area contributed by atoms with Crippen molar-refractivity contribution in [1.29, 1.82) is 5.26 Å². The lowest BCUT2D eigenvalue weighted by Gasteiger charge is -2.21. The summed E-state index contributed by atoms with van der Waals surface area (Å²) in [5.41, 5.74) is 1.38. The summed E-state index contributed by atoms with van der Waals surface area (Å²) in [6.45, 7) is 1.56. The van der Waals surface area contributed by atoms with E-state index in [1.807, 2.05) is 24.3 Å². The summed E-state index contributed by atoms with van der Waals surface area (Å²) in [4.78, 5) is 11.3. The molecule has 0 saturated heterocycles. The molecule has 0 spiro atoms. The van der Waals surface area contributed by atoms with Crippen molar-refractivity contribution >= 4 is 5.78 Å². The van der Waals surface area contributed by atoms with Crippen molar-refractivity contribution in [3.8, 4) is 6.07 Å². The lowest BCUT2D eigenvalue weighted by molar-refractivity contribution is 0.101. The van der Waals surface area contributed by atoms with Crippen molar-refractivity contribution in [3.63, 3.8) is 0 Å². The quantitative estimate of drug-likeness (QED) is 0.708. The Hall–Kier alpha value is -1.62. The molecule has 1 fully saturated rings. The molecule has 0 aromatic heterocycles. The van der Waals surface area contributed by atoms with Crippen LogP contribution in [0, 0.1) is 11.3 Å². The van der Waals surface area contributed by atoms with Crippen LogP contribution in [-0.4, -0.2) is 5.78 Å². The summed E-state index contributed by atoms with van der Waals surface area (Å²) in [7, 11) is 0. The minimum atomic E-state index is -0.342. The van der Waals surface area contributed by atoms with Gasteiger partial charge in [-0.05, 0) is 31.4 Å². The van der Waals surface area contributed by atoms with Crippen LogP contribution in [-0.2, 0) is 5.41 Å². The number of carbonyl (C=O) groups excluding carboxylic acids is 1. The number of nitrogens with zero attached hydrogens (tertiary/aromatic N) is 1. The molecular weight excluding hydrogens is 198 g/mol. The van der Waals surface area contributed by atoms with Gasteiger partial charge in [0, 0.05) is 5.56 Å². The minimum absolute atomic E-state index is 0.0629. The van der Waals surface area contributed by atoms with Gasteiger partial charge in [0.15, 0.2) is 5.78 Å². The van der Waals surface area contributed by atoms with Crippen LogP contribution in [0.3, 0.4) is 0 Å². The largest absolute Gasteiger partial charge is 0.295 e. The summed E-state index contributed by atoms with van der Waals surface area (Å²) in [5.74, 6) is 0.0629. The first-order valence-corrected chi connectivity index (χ1v) is 5.71. The van der Waals surface area contributed by atoms with Gasteiger partial charge in [-0.3, -0.25) is 4.79 Å². The third kappa shape index (κ3) is 1.74. The second-order valence-electron chi connectivity index (χ2n) is 4.54. The van der Waals surface area contributed by atoms with E-state index in [0.29, 0.717) is 5.56 Å². The number of hydrogen-bond donors (Lipinski definition) is 0. The maximum absolute atomic E-state index is 11.3. The van der Waals surface area contributed by atoms with Gasteiger partial charge in [0.25, 0.3) is 0 Å². The molecule has 1 aromatic rings. The Bertz CT molecular complexity index is 450. The molecule has 1 saturated carbocycles. The molecule has 0 bridgehead atoms. The third-order valence-corrected chi connectivity index (χ3v) is 3.49. The Balaban J connectivity index is 2.43. The highest BCUT2D eigenvalue weighted by molar-refractivity contribution is 5.94. The lowest BCUT2D eigenvalue weighted by Crippen LogP contribution is -2.19. The van der Waals surface area contributed by atoms with E-state index < -0.39 is 0 Å². The summed E-state index contributed by atoms with van der Waals surface area (Å²) < 4.78 is 0. The van der Waals surface area contributed by atoms with Crippen molar-refractivity contribution in [2.75, 3.05) is 0 Å². The van der Waals surface area contributed by atoms with E-state index in [1.54, 1.807) is 6.92 Å². The van der Waals surface area contributed by atoms with Gasteiger partial charge in [0.2, 0.25) is 0 Å². The highest BCUT2D eigenvalue weighted by atomic mass is 16.1. The van der Waals surface area contributed by atoms with E-state index in [0.717, 1.165) is 31.2 Å². The zero-order valence-corrected chi connectivity index (χ0v) is 9.49. The predicted molar refractivity (Wildman–Crippen MR) is 62.2 cm³/mol. The Morgan fingerprint density at radius 1 is 1.38 bits per heavy atom. The summed E-state index contributed by atoms with van der Waals surface area (Å²) in [6.07, 6.45) is 4.06. The molecule has 16 heavy (non-hydrogen) atoms. The van der Waals surface area contributed by atoms with Gasteiger partial charge < -0.3 is 0 Å². The molecule has 82 valence electrons. The fourth-order valence-electron chi connectivity index (χ4n) is 2.48. The van der Waals surface area contributed by atoms with Gasteiger partial charge in [0.1, 0.15) is 0 Å². The molecule has 0 radical (unpaired) electrons. The first kappa shape index (κ1) is 10.9. The van der Waals surface area contributed by atoms with E-state index in [9.17, 15) is 10.1 Å². The molecule has 2 nitrogen and oxygen atoms in total. The SMILES string of the molecule is CC(=O)c1cccc(C2(C#N)CCCC2)c1. The van der Waals surface area contributed by atoms with Crippen molar-refractivity contribution in [1.82, 2.24) is 0 Å². The number of nitriles is 1. The monoisotopic (exact) mass is 213 g/mol. The van der Waals surface area contributed by atoms with Gasteiger partial charge in [0.05, 0.1) is 11.5 Å². The first-order valence-electron chi connectivity index (χ1n) is 5.71. The smallest absolute Gasteiger partial charge is 0.159 e. The molecule has 0 amide bonds. The molecular formula is C14H15NO.